The standard InChI is InChI=1S/C11H11N/c1-9(2)7-10-5-3-4-6-11(10)8-12/h3-7H,1-2H3. The average molecular weight is 157 g/mol. The van der Waals surface area contributed by atoms with E-state index in [1.54, 1.807) is 0 Å². The van der Waals surface area contributed by atoms with Crippen LogP contribution in [0, 0.1) is 11.3 Å². The van der Waals surface area contributed by atoms with E-state index in [0.717, 1.165) is 11.1 Å². The van der Waals surface area contributed by atoms with Crippen molar-refractivity contribution in [2.75, 3.05) is 0 Å². The van der Waals surface area contributed by atoms with E-state index < -0.39 is 0 Å². The van der Waals surface area contributed by atoms with Crippen LogP contribution in [0.25, 0.3) is 6.08 Å². The Morgan fingerprint density at radius 2 is 2.00 bits per heavy atom. The van der Waals surface area contributed by atoms with Crippen LogP contribution in [0.3, 0.4) is 0 Å². The molecule has 1 nitrogen and oxygen atoms in total. The Bertz CT molecular complexity index is 338. The summed E-state index contributed by atoms with van der Waals surface area (Å²) in [7, 11) is 0. The normalized spacial score (nSPS) is 8.75. The summed E-state index contributed by atoms with van der Waals surface area (Å²) < 4.78 is 0. The Morgan fingerprint density at radius 3 is 2.58 bits per heavy atom. The number of nitriles is 1. The Morgan fingerprint density at radius 1 is 1.33 bits per heavy atom. The van der Waals surface area contributed by atoms with Gasteiger partial charge in [-0.2, -0.15) is 5.26 Å². The van der Waals surface area contributed by atoms with Crippen molar-refractivity contribution in [2.45, 2.75) is 13.8 Å². The first kappa shape index (κ1) is 8.55. The quantitative estimate of drug-likeness (QED) is 0.614. The van der Waals surface area contributed by atoms with Crippen LogP contribution in [0.2, 0.25) is 0 Å². The van der Waals surface area contributed by atoms with Crippen LogP contribution >= 0.6 is 0 Å². The molecule has 0 atom stereocenters. The van der Waals surface area contributed by atoms with Gasteiger partial charge in [-0.25, -0.2) is 0 Å². The molecule has 0 aliphatic rings. The highest BCUT2D eigenvalue weighted by molar-refractivity contribution is 5.59. The monoisotopic (exact) mass is 157 g/mol. The molecule has 0 heterocycles. The van der Waals surface area contributed by atoms with Crippen LogP contribution in [0.15, 0.2) is 29.8 Å². The molecule has 0 fully saturated rings. The Labute approximate surface area is 73.0 Å². The van der Waals surface area contributed by atoms with Crippen molar-refractivity contribution < 1.29 is 0 Å². The first-order valence-corrected chi connectivity index (χ1v) is 3.88. The lowest BCUT2D eigenvalue weighted by Gasteiger charge is -1.96. The van der Waals surface area contributed by atoms with Crippen molar-refractivity contribution in [2.24, 2.45) is 0 Å². The summed E-state index contributed by atoms with van der Waals surface area (Å²) in [5.74, 6) is 0. The van der Waals surface area contributed by atoms with Crippen LogP contribution in [-0.4, -0.2) is 0 Å². The zero-order valence-electron chi connectivity index (χ0n) is 7.33. The van der Waals surface area contributed by atoms with Gasteiger partial charge in [-0.3, -0.25) is 0 Å². The van der Waals surface area contributed by atoms with E-state index in [4.69, 9.17) is 5.26 Å². The molecule has 1 heteroatoms. The van der Waals surface area contributed by atoms with E-state index in [9.17, 15) is 0 Å². The maximum atomic E-state index is 8.75. The van der Waals surface area contributed by atoms with Gasteiger partial charge in [0.2, 0.25) is 0 Å². The average Bonchev–Trinajstić information content (AvgIpc) is 2.04. The third kappa shape index (κ3) is 1.96. The number of allylic oxidation sites excluding steroid dienone is 1. The maximum Gasteiger partial charge on any atom is 0.0997 e. The fraction of sp³-hybridized carbons (Fsp3) is 0.182. The predicted molar refractivity (Wildman–Crippen MR) is 50.5 cm³/mol. The Kier molecular flexibility index (Phi) is 2.66. The second-order valence-electron chi connectivity index (χ2n) is 2.92. The second-order valence-corrected chi connectivity index (χ2v) is 2.92. The molecule has 1 aromatic rings. The summed E-state index contributed by atoms with van der Waals surface area (Å²) in [4.78, 5) is 0. The van der Waals surface area contributed by atoms with Gasteiger partial charge in [-0.15, -0.1) is 0 Å². The van der Waals surface area contributed by atoms with E-state index in [-0.39, 0.29) is 0 Å². The highest BCUT2D eigenvalue weighted by Crippen LogP contribution is 2.11. The van der Waals surface area contributed by atoms with E-state index in [0.29, 0.717) is 0 Å². The van der Waals surface area contributed by atoms with Crippen molar-refractivity contribution in [3.8, 4) is 6.07 Å². The molecule has 0 saturated carbocycles. The van der Waals surface area contributed by atoms with E-state index in [1.165, 1.54) is 5.57 Å². The molecule has 60 valence electrons. The number of rotatable bonds is 1. The first-order chi connectivity index (χ1) is 5.74. The molecule has 0 radical (unpaired) electrons. The minimum absolute atomic E-state index is 0.735. The summed E-state index contributed by atoms with van der Waals surface area (Å²) in [6.07, 6.45) is 2.01. The fourth-order valence-electron chi connectivity index (χ4n) is 1.04. The summed E-state index contributed by atoms with van der Waals surface area (Å²) >= 11 is 0. The SMILES string of the molecule is CC(C)=Cc1ccccc1C#N. The Hall–Kier alpha value is -1.55. The van der Waals surface area contributed by atoms with Gasteiger partial charge in [0.05, 0.1) is 11.6 Å². The molecule has 12 heavy (non-hydrogen) atoms. The van der Waals surface area contributed by atoms with Gasteiger partial charge >= 0.3 is 0 Å². The van der Waals surface area contributed by atoms with Gasteiger partial charge in [0.25, 0.3) is 0 Å². The van der Waals surface area contributed by atoms with Gasteiger partial charge in [-0.05, 0) is 25.5 Å². The summed E-state index contributed by atoms with van der Waals surface area (Å²) in [5.41, 5.74) is 2.94. The minimum atomic E-state index is 0.735. The Balaban J connectivity index is 3.17. The molecule has 0 aromatic heterocycles. The van der Waals surface area contributed by atoms with Gasteiger partial charge in [-0.1, -0.05) is 29.8 Å². The predicted octanol–water partition coefficient (Wildman–Crippen LogP) is 2.98. The van der Waals surface area contributed by atoms with Crippen molar-refractivity contribution >= 4 is 6.08 Å². The minimum Gasteiger partial charge on any atom is -0.192 e. The maximum absolute atomic E-state index is 8.75. The van der Waals surface area contributed by atoms with Crippen LogP contribution < -0.4 is 0 Å². The second kappa shape index (κ2) is 3.73. The van der Waals surface area contributed by atoms with Gasteiger partial charge < -0.3 is 0 Å². The zero-order chi connectivity index (χ0) is 8.97. The third-order valence-corrected chi connectivity index (χ3v) is 1.53. The number of nitrogens with zero attached hydrogens (tertiary/aromatic N) is 1. The van der Waals surface area contributed by atoms with Crippen molar-refractivity contribution in [3.63, 3.8) is 0 Å². The molecular weight excluding hydrogens is 146 g/mol. The van der Waals surface area contributed by atoms with Gasteiger partial charge in [0.1, 0.15) is 0 Å². The highest BCUT2D eigenvalue weighted by atomic mass is 14.2. The molecule has 1 aromatic carbocycles. The van der Waals surface area contributed by atoms with Crippen LogP contribution in [0.5, 0.6) is 0 Å². The van der Waals surface area contributed by atoms with Gasteiger partial charge in [0.15, 0.2) is 0 Å². The van der Waals surface area contributed by atoms with Crippen molar-refractivity contribution in [1.29, 1.82) is 5.26 Å². The van der Waals surface area contributed by atoms with E-state index in [1.807, 2.05) is 44.2 Å². The molecule has 0 N–H and O–H groups in total. The number of hydrogen-bond donors (Lipinski definition) is 0. The fourth-order valence-corrected chi connectivity index (χ4v) is 1.04. The van der Waals surface area contributed by atoms with E-state index in [2.05, 4.69) is 6.07 Å². The number of benzene rings is 1. The molecule has 0 spiro atoms. The molecule has 0 aliphatic heterocycles. The lowest BCUT2D eigenvalue weighted by Crippen LogP contribution is -1.80. The molecule has 0 amide bonds. The van der Waals surface area contributed by atoms with Crippen molar-refractivity contribution in [1.82, 2.24) is 0 Å². The van der Waals surface area contributed by atoms with Crippen LogP contribution in [0.4, 0.5) is 0 Å². The smallest absolute Gasteiger partial charge is 0.0997 e. The zero-order valence-corrected chi connectivity index (χ0v) is 7.33. The van der Waals surface area contributed by atoms with Gasteiger partial charge in [0, 0.05) is 0 Å². The molecule has 0 bridgehead atoms. The highest BCUT2D eigenvalue weighted by Gasteiger charge is 1.95. The molecule has 0 saturated heterocycles. The third-order valence-electron chi connectivity index (χ3n) is 1.53. The van der Waals surface area contributed by atoms with Crippen molar-refractivity contribution in [3.05, 3.63) is 41.0 Å². The lowest BCUT2D eigenvalue weighted by molar-refractivity contribution is 1.41. The molecule has 0 aliphatic carbocycles. The van der Waals surface area contributed by atoms with Crippen LogP contribution in [-0.2, 0) is 0 Å². The number of hydrogen-bond acceptors (Lipinski definition) is 1. The molecular formula is C11H11N. The van der Waals surface area contributed by atoms with Crippen LogP contribution in [0.1, 0.15) is 25.0 Å². The summed E-state index contributed by atoms with van der Waals surface area (Å²) in [5, 5.41) is 8.75. The lowest BCUT2D eigenvalue weighted by atomic mass is 10.1. The topological polar surface area (TPSA) is 23.8 Å². The molecule has 1 rings (SSSR count). The largest absolute Gasteiger partial charge is 0.192 e. The summed E-state index contributed by atoms with van der Waals surface area (Å²) in [6.45, 7) is 4.04. The first-order valence-electron chi connectivity index (χ1n) is 3.88. The van der Waals surface area contributed by atoms with E-state index >= 15 is 0 Å². The molecule has 0 unspecified atom stereocenters. The summed E-state index contributed by atoms with van der Waals surface area (Å²) in [6, 6.07) is 9.75.